The van der Waals surface area contributed by atoms with E-state index in [0.717, 1.165) is 43.4 Å². The van der Waals surface area contributed by atoms with E-state index in [9.17, 15) is 10.1 Å². The number of ether oxygens (including phenoxy) is 1. The van der Waals surface area contributed by atoms with Crippen molar-refractivity contribution in [3.8, 4) is 11.8 Å². The van der Waals surface area contributed by atoms with E-state index in [1.165, 1.54) is 4.88 Å². The molecule has 0 aliphatic heterocycles. The van der Waals surface area contributed by atoms with Crippen LogP contribution < -0.4 is 10.1 Å². The van der Waals surface area contributed by atoms with Gasteiger partial charge in [0.1, 0.15) is 16.8 Å². The van der Waals surface area contributed by atoms with Gasteiger partial charge in [-0.2, -0.15) is 5.26 Å². The summed E-state index contributed by atoms with van der Waals surface area (Å²) in [7, 11) is 0. The lowest BCUT2D eigenvalue weighted by Gasteiger charge is -2.33. The van der Waals surface area contributed by atoms with Crippen LogP contribution >= 0.6 is 11.3 Å². The third-order valence-electron chi connectivity index (χ3n) is 5.71. The predicted molar refractivity (Wildman–Crippen MR) is 119 cm³/mol. The zero-order chi connectivity index (χ0) is 21.0. The van der Waals surface area contributed by atoms with E-state index in [0.29, 0.717) is 28.7 Å². The lowest BCUT2D eigenvalue weighted by Crippen LogP contribution is -2.26. The monoisotopic (exact) mass is 410 g/mol. The summed E-state index contributed by atoms with van der Waals surface area (Å²) in [4.78, 5) is 14.0. The molecule has 1 aromatic heterocycles. The summed E-state index contributed by atoms with van der Waals surface area (Å²) in [5, 5.41) is 13.4. The molecule has 5 heteroatoms. The number of fused-ring (bicyclic) bond motifs is 1. The number of nitrogens with one attached hydrogen (secondary N) is 1. The van der Waals surface area contributed by atoms with Gasteiger partial charge in [-0.05, 0) is 66.8 Å². The van der Waals surface area contributed by atoms with Gasteiger partial charge in [-0.15, -0.1) is 11.3 Å². The first-order chi connectivity index (χ1) is 13.8. The second kappa shape index (κ2) is 9.00. The van der Waals surface area contributed by atoms with E-state index >= 15 is 0 Å². The Kier molecular flexibility index (Phi) is 6.64. The molecule has 1 aliphatic carbocycles. The summed E-state index contributed by atoms with van der Waals surface area (Å²) < 4.78 is 5.66. The molecule has 0 saturated heterocycles. The predicted octanol–water partition coefficient (Wildman–Crippen LogP) is 6.20. The zero-order valence-corrected chi connectivity index (χ0v) is 18.6. The fraction of sp³-hybridized carbons (Fsp3) is 0.500. The van der Waals surface area contributed by atoms with Crippen LogP contribution in [0.3, 0.4) is 0 Å². The number of benzene rings is 1. The van der Waals surface area contributed by atoms with Gasteiger partial charge in [-0.25, -0.2) is 0 Å². The molecule has 1 heterocycles. The van der Waals surface area contributed by atoms with Crippen molar-refractivity contribution < 1.29 is 9.53 Å². The van der Waals surface area contributed by atoms with Crippen LogP contribution in [0.15, 0.2) is 24.3 Å². The second-order valence-electron chi connectivity index (χ2n) is 8.81. The molecule has 1 atom stereocenters. The maximum Gasteiger partial charge on any atom is 0.256 e. The lowest BCUT2D eigenvalue weighted by atomic mass is 9.72. The van der Waals surface area contributed by atoms with E-state index in [1.54, 1.807) is 23.5 Å². The van der Waals surface area contributed by atoms with Crippen molar-refractivity contribution in [1.82, 2.24) is 0 Å². The minimum absolute atomic E-state index is 0.187. The van der Waals surface area contributed by atoms with E-state index in [4.69, 9.17) is 4.74 Å². The maximum atomic E-state index is 12.7. The van der Waals surface area contributed by atoms with Gasteiger partial charge >= 0.3 is 0 Å². The molecule has 0 saturated carbocycles. The molecule has 0 radical (unpaired) electrons. The molecule has 1 unspecified atom stereocenters. The van der Waals surface area contributed by atoms with Crippen LogP contribution in [0.25, 0.3) is 0 Å². The fourth-order valence-corrected chi connectivity index (χ4v) is 5.02. The number of carbonyl (C=O) groups excluding carboxylic acids is 1. The number of thiophene rings is 1. The third-order valence-corrected chi connectivity index (χ3v) is 6.88. The zero-order valence-electron chi connectivity index (χ0n) is 17.8. The number of carbonyl (C=O) groups is 1. The fourth-order valence-electron chi connectivity index (χ4n) is 3.74. The van der Waals surface area contributed by atoms with Crippen LogP contribution in [0, 0.1) is 22.7 Å². The van der Waals surface area contributed by atoms with Gasteiger partial charge in [0.15, 0.2) is 0 Å². The number of amides is 1. The highest BCUT2D eigenvalue weighted by atomic mass is 32.1. The quantitative estimate of drug-likeness (QED) is 0.577. The van der Waals surface area contributed by atoms with Gasteiger partial charge in [0.2, 0.25) is 0 Å². The number of hydrogen-bond acceptors (Lipinski definition) is 4. The van der Waals surface area contributed by atoms with Gasteiger partial charge in [0.25, 0.3) is 5.91 Å². The molecule has 3 rings (SSSR count). The molecule has 0 bridgehead atoms. The Balaban J connectivity index is 1.73. The van der Waals surface area contributed by atoms with Crippen LogP contribution in [0.1, 0.15) is 73.3 Å². The first kappa shape index (κ1) is 21.4. The molecule has 2 aromatic rings. The summed E-state index contributed by atoms with van der Waals surface area (Å²) in [6, 6.07) is 9.51. The summed E-state index contributed by atoms with van der Waals surface area (Å²) >= 11 is 1.57. The molecule has 0 spiro atoms. The smallest absolute Gasteiger partial charge is 0.256 e. The molecule has 1 amide bonds. The van der Waals surface area contributed by atoms with Crippen LogP contribution in [0.2, 0.25) is 0 Å². The van der Waals surface area contributed by atoms with Crippen molar-refractivity contribution in [3.05, 3.63) is 45.8 Å². The largest absolute Gasteiger partial charge is 0.494 e. The number of hydrogen-bond donors (Lipinski definition) is 1. The van der Waals surface area contributed by atoms with Crippen LogP contribution in [0.4, 0.5) is 5.00 Å². The highest BCUT2D eigenvalue weighted by molar-refractivity contribution is 7.16. The average molecular weight is 411 g/mol. The van der Waals surface area contributed by atoms with E-state index in [1.807, 2.05) is 12.1 Å². The first-order valence-corrected chi connectivity index (χ1v) is 11.2. The lowest BCUT2D eigenvalue weighted by molar-refractivity contribution is 0.102. The summed E-state index contributed by atoms with van der Waals surface area (Å²) in [5.74, 6) is 1.18. The Morgan fingerprint density at radius 2 is 2.03 bits per heavy atom. The molecular weight excluding hydrogens is 380 g/mol. The Bertz CT molecular complexity index is 901. The maximum absolute atomic E-state index is 12.7. The Morgan fingerprint density at radius 1 is 1.31 bits per heavy atom. The highest BCUT2D eigenvalue weighted by Crippen LogP contribution is 2.44. The SMILES string of the molecule is CCCCOc1ccc(C(=O)Nc2sc3c(c2C#N)CCC(C(C)(C)C)C3)cc1. The van der Waals surface area contributed by atoms with Gasteiger partial charge in [-0.1, -0.05) is 34.1 Å². The number of nitrogens with zero attached hydrogens (tertiary/aromatic N) is 1. The number of rotatable bonds is 6. The minimum atomic E-state index is -0.187. The summed E-state index contributed by atoms with van der Waals surface area (Å²) in [6.07, 6.45) is 5.09. The molecular formula is C24H30N2O2S. The summed E-state index contributed by atoms with van der Waals surface area (Å²) in [6.45, 7) is 9.64. The Hall–Kier alpha value is -2.32. The number of anilines is 1. The Labute approximate surface area is 177 Å². The van der Waals surface area contributed by atoms with Gasteiger partial charge < -0.3 is 10.1 Å². The van der Waals surface area contributed by atoms with Crippen molar-refractivity contribution in [2.45, 2.75) is 59.8 Å². The topological polar surface area (TPSA) is 62.1 Å². The molecule has 1 aliphatic rings. The standard InChI is InChI=1S/C24H30N2O2S/c1-5-6-13-28-18-10-7-16(8-11-18)22(27)26-23-20(15-25)19-12-9-17(24(2,3)4)14-21(19)29-23/h7-8,10-11,17H,5-6,9,12-14H2,1-4H3,(H,26,27). The van der Waals surface area contributed by atoms with Crippen LogP contribution in [0.5, 0.6) is 5.75 Å². The van der Waals surface area contributed by atoms with Crippen molar-refractivity contribution in [1.29, 1.82) is 5.26 Å². The van der Waals surface area contributed by atoms with Crippen LogP contribution in [-0.4, -0.2) is 12.5 Å². The van der Waals surface area contributed by atoms with Crippen molar-refractivity contribution >= 4 is 22.2 Å². The van der Waals surface area contributed by atoms with E-state index < -0.39 is 0 Å². The number of nitriles is 1. The molecule has 0 fully saturated rings. The van der Waals surface area contributed by atoms with E-state index in [2.05, 4.69) is 39.1 Å². The van der Waals surface area contributed by atoms with Gasteiger partial charge in [0, 0.05) is 10.4 Å². The van der Waals surface area contributed by atoms with Crippen LogP contribution in [-0.2, 0) is 12.8 Å². The van der Waals surface area contributed by atoms with Crippen molar-refractivity contribution in [2.24, 2.45) is 11.3 Å². The average Bonchev–Trinajstić information content (AvgIpc) is 3.04. The normalized spacial score (nSPS) is 16.0. The number of unbranched alkanes of at least 4 members (excludes halogenated alkanes) is 1. The molecule has 1 N–H and O–H groups in total. The first-order valence-electron chi connectivity index (χ1n) is 10.4. The van der Waals surface area contributed by atoms with E-state index in [-0.39, 0.29) is 11.3 Å². The van der Waals surface area contributed by atoms with Gasteiger partial charge in [-0.3, -0.25) is 4.79 Å². The minimum Gasteiger partial charge on any atom is -0.494 e. The molecule has 154 valence electrons. The molecule has 29 heavy (non-hydrogen) atoms. The van der Waals surface area contributed by atoms with Gasteiger partial charge in [0.05, 0.1) is 12.2 Å². The second-order valence-corrected chi connectivity index (χ2v) is 9.91. The summed E-state index contributed by atoms with van der Waals surface area (Å²) in [5.41, 5.74) is 2.59. The molecule has 4 nitrogen and oxygen atoms in total. The van der Waals surface area contributed by atoms with Crippen molar-refractivity contribution in [3.63, 3.8) is 0 Å². The third kappa shape index (κ3) is 5.00. The highest BCUT2D eigenvalue weighted by Gasteiger charge is 2.32. The molecule has 1 aromatic carbocycles. The Morgan fingerprint density at radius 3 is 2.66 bits per heavy atom. The van der Waals surface area contributed by atoms with Crippen molar-refractivity contribution in [2.75, 3.05) is 11.9 Å².